The molecule has 3 nitrogen and oxygen atoms in total. The van der Waals surface area contributed by atoms with E-state index in [2.05, 4.69) is 17.5 Å². The molecule has 0 aliphatic heterocycles. The van der Waals surface area contributed by atoms with Gasteiger partial charge >= 0.3 is 0 Å². The topological polar surface area (TPSA) is 59.6 Å². The Morgan fingerprint density at radius 2 is 1.28 bits per heavy atom. The smallest absolute Gasteiger partial charge is 0.0991 e. The van der Waals surface area contributed by atoms with E-state index in [1.54, 1.807) is 24.3 Å². The fraction of sp³-hybridized carbons (Fsp3) is 0.0667. The fourth-order valence-corrected chi connectivity index (χ4v) is 1.56. The lowest BCUT2D eigenvalue weighted by Crippen LogP contribution is -1.99. The van der Waals surface area contributed by atoms with E-state index in [4.69, 9.17) is 10.5 Å². The molecule has 0 saturated heterocycles. The molecule has 0 fully saturated rings. The van der Waals surface area contributed by atoms with Crippen LogP contribution in [0.25, 0.3) is 0 Å². The maximum absolute atomic E-state index is 8.69. The van der Waals surface area contributed by atoms with Gasteiger partial charge in [-0.3, -0.25) is 0 Å². The van der Waals surface area contributed by atoms with E-state index in [0.717, 1.165) is 11.3 Å². The van der Waals surface area contributed by atoms with Crippen molar-refractivity contribution < 1.29 is 0 Å². The van der Waals surface area contributed by atoms with Gasteiger partial charge in [0.05, 0.1) is 23.3 Å². The number of nitriles is 2. The van der Waals surface area contributed by atoms with Crippen molar-refractivity contribution in [3.8, 4) is 12.1 Å². The van der Waals surface area contributed by atoms with Crippen molar-refractivity contribution in [2.24, 2.45) is 0 Å². The van der Waals surface area contributed by atoms with Crippen molar-refractivity contribution in [2.45, 2.75) is 6.54 Å². The first kappa shape index (κ1) is 11.7. The summed E-state index contributed by atoms with van der Waals surface area (Å²) in [6.45, 7) is 0.692. The third-order valence-electron chi connectivity index (χ3n) is 2.59. The molecule has 0 heterocycles. The van der Waals surface area contributed by atoms with Crippen LogP contribution in [0.2, 0.25) is 0 Å². The van der Waals surface area contributed by atoms with Gasteiger partial charge < -0.3 is 5.32 Å². The van der Waals surface area contributed by atoms with Crippen LogP contribution in [0.15, 0.2) is 48.5 Å². The molecule has 0 aromatic heterocycles. The van der Waals surface area contributed by atoms with Crippen LogP contribution in [0, 0.1) is 22.7 Å². The average Bonchev–Trinajstić information content (AvgIpc) is 2.46. The molecule has 0 atom stereocenters. The SMILES string of the molecule is N#Cc1ccc(CNc2ccc(C#N)cc2)cc1. The van der Waals surface area contributed by atoms with Crippen molar-refractivity contribution in [1.29, 1.82) is 10.5 Å². The zero-order chi connectivity index (χ0) is 12.8. The van der Waals surface area contributed by atoms with Gasteiger partial charge in [0.2, 0.25) is 0 Å². The number of rotatable bonds is 3. The Kier molecular flexibility index (Phi) is 3.59. The molecule has 0 amide bonds. The molecule has 0 spiro atoms. The lowest BCUT2D eigenvalue weighted by atomic mass is 10.1. The van der Waals surface area contributed by atoms with Gasteiger partial charge in [-0.25, -0.2) is 0 Å². The molecule has 18 heavy (non-hydrogen) atoms. The van der Waals surface area contributed by atoms with Gasteiger partial charge in [0, 0.05) is 12.2 Å². The Bertz CT molecular complexity index is 541. The van der Waals surface area contributed by atoms with Gasteiger partial charge in [0.15, 0.2) is 0 Å². The summed E-state index contributed by atoms with van der Waals surface area (Å²) in [6.07, 6.45) is 0. The van der Waals surface area contributed by atoms with E-state index in [9.17, 15) is 0 Å². The highest BCUT2D eigenvalue weighted by Crippen LogP contribution is 2.11. The summed E-state index contributed by atoms with van der Waals surface area (Å²) < 4.78 is 0. The predicted molar refractivity (Wildman–Crippen MR) is 69.6 cm³/mol. The molecule has 2 aromatic rings. The van der Waals surface area contributed by atoms with Crippen molar-refractivity contribution in [3.63, 3.8) is 0 Å². The molecule has 0 unspecified atom stereocenters. The maximum atomic E-state index is 8.69. The minimum Gasteiger partial charge on any atom is -0.381 e. The predicted octanol–water partition coefficient (Wildman–Crippen LogP) is 3.04. The average molecular weight is 233 g/mol. The fourth-order valence-electron chi connectivity index (χ4n) is 1.56. The number of nitrogens with one attached hydrogen (secondary N) is 1. The summed E-state index contributed by atoms with van der Waals surface area (Å²) in [4.78, 5) is 0. The summed E-state index contributed by atoms with van der Waals surface area (Å²) in [6, 6.07) is 18.9. The number of hydrogen-bond acceptors (Lipinski definition) is 3. The molecule has 0 aliphatic rings. The molecule has 3 heteroatoms. The zero-order valence-electron chi connectivity index (χ0n) is 9.72. The van der Waals surface area contributed by atoms with Crippen molar-refractivity contribution in [2.75, 3.05) is 5.32 Å². The molecule has 1 N–H and O–H groups in total. The molecule has 0 saturated carbocycles. The van der Waals surface area contributed by atoms with Crippen molar-refractivity contribution >= 4 is 5.69 Å². The monoisotopic (exact) mass is 233 g/mol. The van der Waals surface area contributed by atoms with Gasteiger partial charge in [-0.2, -0.15) is 10.5 Å². The summed E-state index contributed by atoms with van der Waals surface area (Å²) >= 11 is 0. The Hall–Kier alpha value is -2.78. The lowest BCUT2D eigenvalue weighted by molar-refractivity contribution is 1.15. The van der Waals surface area contributed by atoms with Gasteiger partial charge in [0.1, 0.15) is 0 Å². The molecule has 2 rings (SSSR count). The molecule has 2 aromatic carbocycles. The highest BCUT2D eigenvalue weighted by Gasteiger charge is 1.96. The lowest BCUT2D eigenvalue weighted by Gasteiger charge is -2.06. The summed E-state index contributed by atoms with van der Waals surface area (Å²) in [7, 11) is 0. The first-order chi connectivity index (χ1) is 8.81. The highest BCUT2D eigenvalue weighted by atomic mass is 14.9. The van der Waals surface area contributed by atoms with Crippen LogP contribution in [0.4, 0.5) is 5.69 Å². The first-order valence-corrected chi connectivity index (χ1v) is 5.55. The van der Waals surface area contributed by atoms with Crippen LogP contribution in [0.5, 0.6) is 0 Å². The second-order valence-corrected chi connectivity index (χ2v) is 3.85. The normalized spacial score (nSPS) is 9.22. The summed E-state index contributed by atoms with van der Waals surface area (Å²) in [5.41, 5.74) is 3.40. The van der Waals surface area contributed by atoms with Crippen LogP contribution >= 0.6 is 0 Å². The third-order valence-corrected chi connectivity index (χ3v) is 2.59. The van der Waals surface area contributed by atoms with E-state index in [1.165, 1.54) is 0 Å². The quantitative estimate of drug-likeness (QED) is 0.886. The number of nitrogens with zero attached hydrogens (tertiary/aromatic N) is 2. The first-order valence-electron chi connectivity index (χ1n) is 5.55. The van der Waals surface area contributed by atoms with Crippen LogP contribution in [-0.4, -0.2) is 0 Å². The van der Waals surface area contributed by atoms with Gasteiger partial charge in [-0.05, 0) is 42.0 Å². The third kappa shape index (κ3) is 2.87. The van der Waals surface area contributed by atoms with Gasteiger partial charge in [0.25, 0.3) is 0 Å². The van der Waals surface area contributed by atoms with Gasteiger partial charge in [-0.1, -0.05) is 12.1 Å². The molecule has 0 bridgehead atoms. The Morgan fingerprint density at radius 3 is 1.78 bits per heavy atom. The van der Waals surface area contributed by atoms with Crippen molar-refractivity contribution in [1.82, 2.24) is 0 Å². The van der Waals surface area contributed by atoms with E-state index >= 15 is 0 Å². The molecule has 0 radical (unpaired) electrons. The van der Waals surface area contributed by atoms with Crippen LogP contribution < -0.4 is 5.32 Å². The minimum absolute atomic E-state index is 0.652. The Morgan fingerprint density at radius 1 is 0.778 bits per heavy atom. The number of anilines is 1. The minimum atomic E-state index is 0.652. The maximum Gasteiger partial charge on any atom is 0.0991 e. The largest absolute Gasteiger partial charge is 0.381 e. The van der Waals surface area contributed by atoms with E-state index in [0.29, 0.717) is 17.7 Å². The second kappa shape index (κ2) is 5.52. The molecular weight excluding hydrogens is 222 g/mol. The van der Waals surface area contributed by atoms with Crippen LogP contribution in [-0.2, 0) is 6.54 Å². The molecular formula is C15H11N3. The van der Waals surface area contributed by atoms with Crippen LogP contribution in [0.1, 0.15) is 16.7 Å². The van der Waals surface area contributed by atoms with E-state index in [1.807, 2.05) is 24.3 Å². The van der Waals surface area contributed by atoms with Crippen LogP contribution in [0.3, 0.4) is 0 Å². The number of hydrogen-bond donors (Lipinski definition) is 1. The molecule has 86 valence electrons. The summed E-state index contributed by atoms with van der Waals surface area (Å²) in [5.74, 6) is 0. The summed E-state index contributed by atoms with van der Waals surface area (Å²) in [5, 5.41) is 20.6. The van der Waals surface area contributed by atoms with E-state index < -0.39 is 0 Å². The second-order valence-electron chi connectivity index (χ2n) is 3.85. The standard InChI is InChI=1S/C15H11N3/c16-9-12-1-3-14(4-2-12)11-18-15-7-5-13(10-17)6-8-15/h1-8,18H,11H2. The Labute approximate surface area is 106 Å². The zero-order valence-corrected chi connectivity index (χ0v) is 9.72. The highest BCUT2D eigenvalue weighted by molar-refractivity contribution is 5.47. The number of benzene rings is 2. The van der Waals surface area contributed by atoms with Gasteiger partial charge in [-0.15, -0.1) is 0 Å². The molecule has 0 aliphatic carbocycles. The Balaban J connectivity index is 1.98. The van der Waals surface area contributed by atoms with Crippen molar-refractivity contribution in [3.05, 3.63) is 65.2 Å². The van der Waals surface area contributed by atoms with E-state index in [-0.39, 0.29) is 0 Å².